The van der Waals surface area contributed by atoms with Crippen LogP contribution in [0.2, 0.25) is 0 Å². The van der Waals surface area contributed by atoms with E-state index in [1.165, 1.54) is 19.1 Å². The fourth-order valence-corrected chi connectivity index (χ4v) is 3.64. The van der Waals surface area contributed by atoms with Crippen molar-refractivity contribution in [3.05, 3.63) is 18.2 Å². The third kappa shape index (κ3) is 4.43. The van der Waals surface area contributed by atoms with Crippen LogP contribution in [0.15, 0.2) is 18.2 Å². The van der Waals surface area contributed by atoms with Crippen LogP contribution in [0.25, 0.3) is 0 Å². The molecule has 1 N–H and O–H groups in total. The minimum Gasteiger partial charge on any atom is -0.497 e. The highest BCUT2D eigenvalue weighted by Crippen LogP contribution is 2.28. The van der Waals surface area contributed by atoms with E-state index in [4.69, 9.17) is 9.47 Å². The third-order valence-corrected chi connectivity index (χ3v) is 5.07. The molecule has 0 aliphatic carbocycles. The molecule has 1 aromatic carbocycles. The van der Waals surface area contributed by atoms with Gasteiger partial charge in [0.25, 0.3) is 0 Å². The summed E-state index contributed by atoms with van der Waals surface area (Å²) in [6, 6.07) is 3.72. The first kappa shape index (κ1) is 19.3. The van der Waals surface area contributed by atoms with E-state index in [1.807, 2.05) is 0 Å². The number of ether oxygens (including phenoxy) is 2. The molecule has 27 heavy (non-hydrogen) atoms. The molecule has 0 spiro atoms. The van der Waals surface area contributed by atoms with Gasteiger partial charge in [-0.25, -0.2) is 9.18 Å². The molecule has 3 amide bonds. The lowest BCUT2D eigenvalue weighted by molar-refractivity contribution is -0.136. The van der Waals surface area contributed by atoms with Gasteiger partial charge in [-0.05, 0) is 19.3 Å². The lowest BCUT2D eigenvalue weighted by Gasteiger charge is -2.32. The number of hydrogen-bond acceptors (Lipinski definition) is 4. The van der Waals surface area contributed by atoms with E-state index in [0.29, 0.717) is 30.3 Å². The molecule has 2 aliphatic heterocycles. The number of benzene rings is 1. The van der Waals surface area contributed by atoms with Gasteiger partial charge in [-0.15, -0.1) is 0 Å². The van der Waals surface area contributed by atoms with Crippen molar-refractivity contribution in [2.24, 2.45) is 0 Å². The molecular formula is C19H26FN3O4. The topological polar surface area (TPSA) is 71.1 Å². The van der Waals surface area contributed by atoms with Crippen molar-refractivity contribution in [1.82, 2.24) is 9.80 Å². The van der Waals surface area contributed by atoms with Crippen molar-refractivity contribution in [2.45, 2.75) is 37.9 Å². The van der Waals surface area contributed by atoms with E-state index in [9.17, 15) is 14.0 Å². The number of alkyl halides is 1. The van der Waals surface area contributed by atoms with Crippen molar-refractivity contribution in [3.8, 4) is 11.5 Å². The summed E-state index contributed by atoms with van der Waals surface area (Å²) in [7, 11) is 3.03. The van der Waals surface area contributed by atoms with Crippen LogP contribution in [-0.2, 0) is 4.79 Å². The summed E-state index contributed by atoms with van der Waals surface area (Å²) in [5.74, 6) is 0.888. The fourth-order valence-electron chi connectivity index (χ4n) is 3.64. The Morgan fingerprint density at radius 3 is 2.30 bits per heavy atom. The minimum atomic E-state index is -1.20. The SMILES string of the molecule is COc1cc(NC(=O)N2C[C@@H](F)C[C@H]2C(=O)N2CCCCC2)cc(OC)c1. The van der Waals surface area contributed by atoms with Gasteiger partial charge in [0.1, 0.15) is 23.7 Å². The second-order valence-electron chi connectivity index (χ2n) is 6.92. The molecule has 0 aromatic heterocycles. The van der Waals surface area contributed by atoms with Crippen LogP contribution in [0.5, 0.6) is 11.5 Å². The number of urea groups is 1. The maximum atomic E-state index is 14.1. The number of carbonyl (C=O) groups excluding carboxylic acids is 2. The molecule has 8 heteroatoms. The predicted molar refractivity (Wildman–Crippen MR) is 99.0 cm³/mol. The van der Waals surface area contributed by atoms with E-state index >= 15 is 0 Å². The van der Waals surface area contributed by atoms with Crippen molar-refractivity contribution < 1.29 is 23.5 Å². The standard InChI is InChI=1S/C19H26FN3O4/c1-26-15-9-14(10-16(11-15)27-2)21-19(25)23-12-13(20)8-17(23)18(24)22-6-4-3-5-7-22/h9-11,13,17H,3-8,12H2,1-2H3,(H,21,25)/t13-,17-/m0/s1. The number of methoxy groups -OCH3 is 2. The highest BCUT2D eigenvalue weighted by atomic mass is 19.1. The van der Waals surface area contributed by atoms with Gasteiger partial charge in [0.2, 0.25) is 5.91 Å². The predicted octanol–water partition coefficient (Wildman–Crippen LogP) is 2.66. The van der Waals surface area contributed by atoms with Crippen LogP contribution in [-0.4, -0.2) is 67.8 Å². The zero-order valence-electron chi connectivity index (χ0n) is 15.7. The zero-order valence-corrected chi connectivity index (χ0v) is 15.7. The molecular weight excluding hydrogens is 353 g/mol. The van der Waals surface area contributed by atoms with Crippen LogP contribution < -0.4 is 14.8 Å². The average molecular weight is 379 g/mol. The van der Waals surface area contributed by atoms with Crippen LogP contribution >= 0.6 is 0 Å². The average Bonchev–Trinajstić information content (AvgIpc) is 3.09. The van der Waals surface area contributed by atoms with Crippen LogP contribution in [0.4, 0.5) is 14.9 Å². The second-order valence-corrected chi connectivity index (χ2v) is 6.92. The van der Waals surface area contributed by atoms with Crippen LogP contribution in [0, 0.1) is 0 Å². The molecule has 0 unspecified atom stereocenters. The van der Waals surface area contributed by atoms with Gasteiger partial charge in [0, 0.05) is 43.4 Å². The summed E-state index contributed by atoms with van der Waals surface area (Å²) < 4.78 is 24.4. The second kappa shape index (κ2) is 8.45. The van der Waals surface area contributed by atoms with Gasteiger partial charge in [-0.1, -0.05) is 0 Å². The Hall–Kier alpha value is -2.51. The number of amides is 3. The number of nitrogens with one attached hydrogen (secondary N) is 1. The van der Waals surface area contributed by atoms with E-state index < -0.39 is 18.2 Å². The van der Waals surface area contributed by atoms with Gasteiger partial charge >= 0.3 is 6.03 Å². The molecule has 2 atom stereocenters. The lowest BCUT2D eigenvalue weighted by Crippen LogP contribution is -2.50. The Labute approximate surface area is 158 Å². The third-order valence-electron chi connectivity index (χ3n) is 5.07. The summed E-state index contributed by atoms with van der Waals surface area (Å²) in [5.41, 5.74) is 0.461. The van der Waals surface area contributed by atoms with Crippen molar-refractivity contribution in [2.75, 3.05) is 39.2 Å². The molecule has 148 valence electrons. The zero-order chi connectivity index (χ0) is 19.4. The van der Waals surface area contributed by atoms with Gasteiger partial charge in [0.15, 0.2) is 0 Å². The Morgan fingerprint density at radius 1 is 1.07 bits per heavy atom. The van der Waals surface area contributed by atoms with Crippen LogP contribution in [0.3, 0.4) is 0 Å². The molecule has 1 aromatic rings. The number of halogens is 1. The molecule has 2 saturated heterocycles. The highest BCUT2D eigenvalue weighted by Gasteiger charge is 2.41. The summed E-state index contributed by atoms with van der Waals surface area (Å²) in [5, 5.41) is 2.73. The Kier molecular flexibility index (Phi) is 6.03. The molecule has 0 bridgehead atoms. The molecule has 0 radical (unpaired) electrons. The fraction of sp³-hybridized carbons (Fsp3) is 0.579. The molecule has 2 heterocycles. The van der Waals surface area contributed by atoms with Crippen molar-refractivity contribution in [3.63, 3.8) is 0 Å². The maximum absolute atomic E-state index is 14.1. The minimum absolute atomic E-state index is 0.0458. The molecule has 2 aliphatic rings. The first-order valence-corrected chi connectivity index (χ1v) is 9.25. The number of rotatable bonds is 4. The molecule has 2 fully saturated rings. The normalized spacial score (nSPS) is 22.5. The first-order valence-electron chi connectivity index (χ1n) is 9.25. The van der Waals surface area contributed by atoms with Crippen molar-refractivity contribution >= 4 is 17.6 Å². The summed E-state index contributed by atoms with van der Waals surface area (Å²) in [6.07, 6.45) is 1.85. The molecule has 7 nitrogen and oxygen atoms in total. The van der Waals surface area contributed by atoms with E-state index in [1.54, 1.807) is 23.1 Å². The number of carbonyl (C=O) groups is 2. The Balaban J connectivity index is 1.73. The summed E-state index contributed by atoms with van der Waals surface area (Å²) >= 11 is 0. The van der Waals surface area contributed by atoms with E-state index in [2.05, 4.69) is 5.32 Å². The number of piperidine rings is 1. The largest absolute Gasteiger partial charge is 0.497 e. The highest BCUT2D eigenvalue weighted by molar-refractivity contribution is 5.94. The smallest absolute Gasteiger partial charge is 0.322 e. The van der Waals surface area contributed by atoms with Gasteiger partial charge in [0.05, 0.1) is 20.8 Å². The summed E-state index contributed by atoms with van der Waals surface area (Å²) in [6.45, 7) is 1.26. The lowest BCUT2D eigenvalue weighted by atomic mass is 10.1. The number of anilines is 1. The van der Waals surface area contributed by atoms with Crippen LogP contribution in [0.1, 0.15) is 25.7 Å². The number of likely N-dealkylation sites (tertiary alicyclic amines) is 2. The van der Waals surface area contributed by atoms with Gasteiger partial charge in [-0.3, -0.25) is 4.79 Å². The molecule has 0 saturated carbocycles. The summed E-state index contributed by atoms with van der Waals surface area (Å²) in [4.78, 5) is 28.6. The quantitative estimate of drug-likeness (QED) is 0.873. The van der Waals surface area contributed by atoms with Gasteiger partial charge in [-0.2, -0.15) is 0 Å². The first-order chi connectivity index (χ1) is 13.0. The number of nitrogens with zero attached hydrogens (tertiary/aromatic N) is 2. The Bertz CT molecular complexity index is 671. The monoisotopic (exact) mass is 379 g/mol. The maximum Gasteiger partial charge on any atom is 0.322 e. The molecule has 3 rings (SSSR count). The van der Waals surface area contributed by atoms with Crippen molar-refractivity contribution in [1.29, 1.82) is 0 Å². The van der Waals surface area contributed by atoms with E-state index in [0.717, 1.165) is 19.3 Å². The Morgan fingerprint density at radius 2 is 1.70 bits per heavy atom. The van der Waals surface area contributed by atoms with Gasteiger partial charge < -0.3 is 24.6 Å². The number of hydrogen-bond donors (Lipinski definition) is 1. The van der Waals surface area contributed by atoms with E-state index in [-0.39, 0.29) is 18.9 Å².